The summed E-state index contributed by atoms with van der Waals surface area (Å²) in [6.45, 7) is 1.78. The van der Waals surface area contributed by atoms with Crippen LogP contribution < -0.4 is 5.56 Å². The Hall–Kier alpha value is -1.20. The largest absolute Gasteiger partial charge is 0.396 e. The molecule has 0 saturated heterocycles. The fraction of sp³-hybridized carbons (Fsp3) is 0.733. The lowest BCUT2D eigenvalue weighted by molar-refractivity contribution is 0.0286. The fourth-order valence-corrected chi connectivity index (χ4v) is 3.14. The van der Waals surface area contributed by atoms with Crippen LogP contribution in [0.3, 0.4) is 0 Å². The van der Waals surface area contributed by atoms with Gasteiger partial charge in [0.05, 0.1) is 0 Å². The molecule has 0 spiro atoms. The molecule has 0 aromatic carbocycles. The molecule has 20 heavy (non-hydrogen) atoms. The van der Waals surface area contributed by atoms with Gasteiger partial charge in [0.25, 0.3) is 5.56 Å². The molecule has 2 N–H and O–H groups in total. The fourth-order valence-electron chi connectivity index (χ4n) is 3.14. The zero-order valence-corrected chi connectivity index (χ0v) is 12.3. The van der Waals surface area contributed by atoms with Crippen molar-refractivity contribution in [3.8, 4) is 0 Å². The van der Waals surface area contributed by atoms with Gasteiger partial charge < -0.3 is 14.8 Å². The lowest BCUT2D eigenvalue weighted by Crippen LogP contribution is -2.26. The Balaban J connectivity index is 2.28. The molecule has 0 aliphatic heterocycles. The van der Waals surface area contributed by atoms with Crippen molar-refractivity contribution in [3.63, 3.8) is 0 Å². The SMILES string of the molecule is COC(c1nc(C)c(CCO)c(=O)[nH]1)C1CCCCC1. The molecule has 1 heterocycles. The summed E-state index contributed by atoms with van der Waals surface area (Å²) in [7, 11) is 1.68. The number of aromatic amines is 1. The molecule has 1 aromatic rings. The van der Waals surface area contributed by atoms with E-state index in [1.165, 1.54) is 19.3 Å². The van der Waals surface area contributed by atoms with Crippen molar-refractivity contribution < 1.29 is 9.84 Å². The minimum absolute atomic E-state index is 0.0404. The van der Waals surface area contributed by atoms with E-state index < -0.39 is 0 Å². The van der Waals surface area contributed by atoms with Crippen LogP contribution >= 0.6 is 0 Å². The number of H-pyrrole nitrogens is 1. The normalized spacial score (nSPS) is 18.1. The van der Waals surface area contributed by atoms with Crippen molar-refractivity contribution in [3.05, 3.63) is 27.4 Å². The second kappa shape index (κ2) is 6.99. The Morgan fingerprint density at radius 3 is 2.65 bits per heavy atom. The van der Waals surface area contributed by atoms with E-state index in [9.17, 15) is 4.79 Å². The number of nitrogens with one attached hydrogen (secondary N) is 1. The van der Waals surface area contributed by atoms with Gasteiger partial charge in [-0.3, -0.25) is 4.79 Å². The minimum atomic E-state index is -0.153. The molecule has 112 valence electrons. The van der Waals surface area contributed by atoms with Gasteiger partial charge in [-0.2, -0.15) is 0 Å². The van der Waals surface area contributed by atoms with Gasteiger partial charge in [0.15, 0.2) is 0 Å². The van der Waals surface area contributed by atoms with E-state index in [1.54, 1.807) is 7.11 Å². The van der Waals surface area contributed by atoms with Crippen LogP contribution in [0.25, 0.3) is 0 Å². The molecule has 2 rings (SSSR count). The molecule has 1 aromatic heterocycles. The highest BCUT2D eigenvalue weighted by molar-refractivity contribution is 5.17. The Bertz CT molecular complexity index is 492. The predicted octanol–water partition coefficient (Wildman–Crippen LogP) is 1.88. The van der Waals surface area contributed by atoms with Gasteiger partial charge in [-0.25, -0.2) is 4.98 Å². The molecule has 0 bridgehead atoms. The second-order valence-electron chi connectivity index (χ2n) is 5.54. The van der Waals surface area contributed by atoms with E-state index in [0.717, 1.165) is 12.8 Å². The maximum atomic E-state index is 12.1. The number of nitrogens with zero attached hydrogens (tertiary/aromatic N) is 1. The van der Waals surface area contributed by atoms with Crippen LogP contribution in [0.2, 0.25) is 0 Å². The molecule has 1 fully saturated rings. The summed E-state index contributed by atoms with van der Waals surface area (Å²) in [5, 5.41) is 8.99. The Morgan fingerprint density at radius 2 is 2.10 bits per heavy atom. The lowest BCUT2D eigenvalue weighted by Gasteiger charge is -2.28. The van der Waals surface area contributed by atoms with Crippen molar-refractivity contribution in [1.29, 1.82) is 0 Å². The molecule has 1 aliphatic carbocycles. The number of rotatable bonds is 5. The average Bonchev–Trinajstić information content (AvgIpc) is 2.45. The molecule has 1 atom stereocenters. The van der Waals surface area contributed by atoms with E-state index in [2.05, 4.69) is 9.97 Å². The van der Waals surface area contributed by atoms with E-state index >= 15 is 0 Å². The van der Waals surface area contributed by atoms with E-state index in [4.69, 9.17) is 9.84 Å². The third-order valence-electron chi connectivity index (χ3n) is 4.20. The first-order valence-corrected chi connectivity index (χ1v) is 7.40. The standard InChI is InChI=1S/C15H24N2O3/c1-10-12(8-9-18)15(19)17-14(16-10)13(20-2)11-6-4-3-5-7-11/h11,13,18H,3-9H2,1-2H3,(H,16,17,19). The zero-order valence-electron chi connectivity index (χ0n) is 12.3. The number of ether oxygens (including phenoxy) is 1. The van der Waals surface area contributed by atoms with Gasteiger partial charge in [0.1, 0.15) is 11.9 Å². The number of hydrogen-bond acceptors (Lipinski definition) is 4. The minimum Gasteiger partial charge on any atom is -0.396 e. The van der Waals surface area contributed by atoms with Gasteiger partial charge in [0, 0.05) is 31.4 Å². The molecular formula is C15H24N2O3. The third-order valence-corrected chi connectivity index (χ3v) is 4.20. The highest BCUT2D eigenvalue weighted by Gasteiger charge is 2.27. The van der Waals surface area contributed by atoms with Gasteiger partial charge in [-0.1, -0.05) is 19.3 Å². The number of aryl methyl sites for hydroxylation is 1. The first-order valence-electron chi connectivity index (χ1n) is 7.40. The number of hydrogen-bond donors (Lipinski definition) is 2. The number of aromatic nitrogens is 2. The monoisotopic (exact) mass is 280 g/mol. The van der Waals surface area contributed by atoms with Crippen molar-refractivity contribution in [2.24, 2.45) is 5.92 Å². The maximum Gasteiger partial charge on any atom is 0.254 e. The molecule has 5 heteroatoms. The predicted molar refractivity (Wildman–Crippen MR) is 76.7 cm³/mol. The smallest absolute Gasteiger partial charge is 0.254 e. The van der Waals surface area contributed by atoms with Crippen LogP contribution in [0.1, 0.15) is 55.3 Å². The van der Waals surface area contributed by atoms with Crippen LogP contribution in [0.15, 0.2) is 4.79 Å². The molecule has 0 radical (unpaired) electrons. The Kier molecular flexibility index (Phi) is 5.31. The Labute approximate surface area is 119 Å². The first-order chi connectivity index (χ1) is 9.67. The van der Waals surface area contributed by atoms with Crippen LogP contribution in [0, 0.1) is 12.8 Å². The van der Waals surface area contributed by atoms with Crippen molar-refractivity contribution in [1.82, 2.24) is 9.97 Å². The highest BCUT2D eigenvalue weighted by Crippen LogP contribution is 2.34. The topological polar surface area (TPSA) is 75.2 Å². The summed E-state index contributed by atoms with van der Waals surface area (Å²) in [5.41, 5.74) is 1.10. The first kappa shape index (κ1) is 15.2. The van der Waals surface area contributed by atoms with Crippen molar-refractivity contribution >= 4 is 0 Å². The molecule has 1 aliphatic rings. The average molecular weight is 280 g/mol. The van der Waals surface area contributed by atoms with Gasteiger partial charge in [-0.05, 0) is 25.7 Å². The van der Waals surface area contributed by atoms with E-state index in [0.29, 0.717) is 29.4 Å². The summed E-state index contributed by atoms with van der Waals surface area (Å²) in [4.78, 5) is 19.4. The second-order valence-corrected chi connectivity index (χ2v) is 5.54. The third kappa shape index (κ3) is 3.27. The van der Waals surface area contributed by atoms with Gasteiger partial charge >= 0.3 is 0 Å². The molecule has 0 amide bonds. The summed E-state index contributed by atoms with van der Waals surface area (Å²) >= 11 is 0. The van der Waals surface area contributed by atoms with Gasteiger partial charge in [-0.15, -0.1) is 0 Å². The number of methoxy groups -OCH3 is 1. The summed E-state index contributed by atoms with van der Waals surface area (Å²) in [6, 6.07) is 0. The van der Waals surface area contributed by atoms with Crippen LogP contribution in [-0.2, 0) is 11.2 Å². The molecule has 1 unspecified atom stereocenters. The molecule has 5 nitrogen and oxygen atoms in total. The Morgan fingerprint density at radius 1 is 1.40 bits per heavy atom. The summed E-state index contributed by atoms with van der Waals surface area (Å²) in [6.07, 6.45) is 6.18. The van der Waals surface area contributed by atoms with Crippen LogP contribution in [-0.4, -0.2) is 28.8 Å². The van der Waals surface area contributed by atoms with E-state index in [-0.39, 0.29) is 18.3 Å². The number of aliphatic hydroxyl groups excluding tert-OH is 1. The highest BCUT2D eigenvalue weighted by atomic mass is 16.5. The van der Waals surface area contributed by atoms with Crippen LogP contribution in [0.4, 0.5) is 0 Å². The maximum absolute atomic E-state index is 12.1. The number of aliphatic hydroxyl groups is 1. The molecular weight excluding hydrogens is 256 g/mol. The van der Waals surface area contributed by atoms with Gasteiger partial charge in [0.2, 0.25) is 0 Å². The van der Waals surface area contributed by atoms with Crippen LogP contribution in [0.5, 0.6) is 0 Å². The lowest BCUT2D eigenvalue weighted by atomic mass is 9.85. The molecule has 1 saturated carbocycles. The van der Waals surface area contributed by atoms with Crippen molar-refractivity contribution in [2.75, 3.05) is 13.7 Å². The summed E-state index contributed by atoms with van der Waals surface area (Å²) < 4.78 is 5.60. The quantitative estimate of drug-likeness (QED) is 0.863. The zero-order chi connectivity index (χ0) is 14.5. The summed E-state index contributed by atoms with van der Waals surface area (Å²) in [5.74, 6) is 1.06. The van der Waals surface area contributed by atoms with E-state index in [1.807, 2.05) is 6.92 Å². The van der Waals surface area contributed by atoms with Crippen molar-refractivity contribution in [2.45, 2.75) is 51.6 Å².